The smallest absolute Gasteiger partial charge is 0.313 e. The van der Waals surface area contributed by atoms with Gasteiger partial charge in [0.2, 0.25) is 0 Å². The van der Waals surface area contributed by atoms with Gasteiger partial charge in [-0.1, -0.05) is 0 Å². The molecular formula is C8H16F3NO3S. The van der Waals surface area contributed by atoms with Crippen LogP contribution in [-0.2, 0) is 14.6 Å². The number of halogens is 3. The molecule has 4 nitrogen and oxygen atoms in total. The first-order valence-electron chi connectivity index (χ1n) is 4.57. The fourth-order valence-electron chi connectivity index (χ4n) is 0.759. The Labute approximate surface area is 93.1 Å². The van der Waals surface area contributed by atoms with Crippen LogP contribution in [0.5, 0.6) is 0 Å². The normalized spacial score (nSPS) is 14.1. The summed E-state index contributed by atoms with van der Waals surface area (Å²) in [5.74, 6) is 0. The number of hydrogen-bond acceptors (Lipinski definition) is 4. The van der Waals surface area contributed by atoms with Crippen molar-refractivity contribution in [2.75, 3.05) is 26.0 Å². The molecule has 0 amide bonds. The molecular weight excluding hydrogens is 247 g/mol. The van der Waals surface area contributed by atoms with Crippen LogP contribution < -0.4 is 5.32 Å². The fourth-order valence-corrected chi connectivity index (χ4v) is 1.12. The number of nitrogens with one attached hydrogen (secondary N) is 1. The van der Waals surface area contributed by atoms with E-state index < -0.39 is 27.6 Å². The Morgan fingerprint density at radius 2 is 1.75 bits per heavy atom. The van der Waals surface area contributed by atoms with E-state index in [2.05, 4.69) is 10.1 Å². The van der Waals surface area contributed by atoms with Crippen LogP contribution in [0.25, 0.3) is 0 Å². The molecule has 0 bridgehead atoms. The maximum Gasteiger partial charge on any atom is 0.522 e. The number of rotatable bonds is 6. The van der Waals surface area contributed by atoms with Crippen molar-refractivity contribution in [2.45, 2.75) is 25.0 Å². The minimum atomic E-state index is -4.64. The molecule has 0 aromatic heterocycles. The van der Waals surface area contributed by atoms with Crippen LogP contribution in [0.3, 0.4) is 0 Å². The number of ether oxygens (including phenoxy) is 1. The first-order chi connectivity index (χ1) is 6.96. The van der Waals surface area contributed by atoms with Crippen LogP contribution in [0.4, 0.5) is 13.2 Å². The van der Waals surface area contributed by atoms with E-state index in [0.717, 1.165) is 6.26 Å². The van der Waals surface area contributed by atoms with Gasteiger partial charge in [-0.3, -0.25) is 4.74 Å². The lowest BCUT2D eigenvalue weighted by Gasteiger charge is -2.22. The molecule has 0 atom stereocenters. The monoisotopic (exact) mass is 263 g/mol. The Hall–Kier alpha value is -0.340. The van der Waals surface area contributed by atoms with Crippen LogP contribution in [0.1, 0.15) is 13.8 Å². The summed E-state index contributed by atoms with van der Waals surface area (Å²) in [5.41, 5.74) is 0. The van der Waals surface area contributed by atoms with Gasteiger partial charge < -0.3 is 5.32 Å². The molecule has 0 fully saturated rings. The van der Waals surface area contributed by atoms with E-state index in [1.165, 1.54) is 13.8 Å². The molecule has 16 heavy (non-hydrogen) atoms. The second-order valence-corrected chi connectivity index (χ2v) is 6.65. The van der Waals surface area contributed by atoms with Crippen LogP contribution in [0, 0.1) is 0 Å². The molecule has 0 rings (SSSR count). The van der Waals surface area contributed by atoms with Gasteiger partial charge in [0, 0.05) is 19.3 Å². The lowest BCUT2D eigenvalue weighted by Crippen LogP contribution is -2.42. The summed E-state index contributed by atoms with van der Waals surface area (Å²) >= 11 is 0. The predicted octanol–water partition coefficient (Wildman–Crippen LogP) is 0.936. The summed E-state index contributed by atoms with van der Waals surface area (Å²) < 4.78 is 59.6. The molecule has 0 aliphatic heterocycles. The maximum atomic E-state index is 11.6. The third-order valence-corrected chi connectivity index (χ3v) is 4.25. The highest BCUT2D eigenvalue weighted by Gasteiger charge is 2.30. The van der Waals surface area contributed by atoms with E-state index in [9.17, 15) is 21.6 Å². The number of sulfone groups is 1. The first-order valence-corrected chi connectivity index (χ1v) is 6.46. The summed E-state index contributed by atoms with van der Waals surface area (Å²) in [6.07, 6.45) is -3.56. The van der Waals surface area contributed by atoms with E-state index in [1.807, 2.05) is 0 Å². The SMILES string of the molecule is CC(C)(CNCCOC(F)(F)F)S(C)(=O)=O. The Balaban J connectivity index is 3.84. The number of hydrogen-bond donors (Lipinski definition) is 1. The van der Waals surface area contributed by atoms with Gasteiger partial charge in [-0.2, -0.15) is 0 Å². The molecule has 0 aliphatic rings. The average Bonchev–Trinajstić information content (AvgIpc) is 1.98. The largest absolute Gasteiger partial charge is 0.522 e. The van der Waals surface area contributed by atoms with E-state index in [0.29, 0.717) is 0 Å². The van der Waals surface area contributed by atoms with Crippen molar-refractivity contribution in [1.29, 1.82) is 0 Å². The average molecular weight is 263 g/mol. The molecule has 0 aromatic rings. The van der Waals surface area contributed by atoms with E-state index in [-0.39, 0.29) is 13.1 Å². The van der Waals surface area contributed by atoms with Gasteiger partial charge in [-0.05, 0) is 13.8 Å². The van der Waals surface area contributed by atoms with Crippen LogP contribution >= 0.6 is 0 Å². The van der Waals surface area contributed by atoms with Crippen molar-refractivity contribution >= 4 is 9.84 Å². The lowest BCUT2D eigenvalue weighted by atomic mass is 10.2. The summed E-state index contributed by atoms with van der Waals surface area (Å²) in [6, 6.07) is 0. The maximum absolute atomic E-state index is 11.6. The van der Waals surface area contributed by atoms with Crippen molar-refractivity contribution in [3.8, 4) is 0 Å². The minimum absolute atomic E-state index is 0.0571. The highest BCUT2D eigenvalue weighted by atomic mass is 32.2. The topological polar surface area (TPSA) is 55.4 Å². The third kappa shape index (κ3) is 6.29. The molecule has 0 aliphatic carbocycles. The van der Waals surface area contributed by atoms with Crippen molar-refractivity contribution in [1.82, 2.24) is 5.32 Å². The third-order valence-electron chi connectivity index (χ3n) is 2.10. The zero-order valence-corrected chi connectivity index (χ0v) is 10.2. The lowest BCUT2D eigenvalue weighted by molar-refractivity contribution is -0.323. The van der Waals surface area contributed by atoms with Crippen LogP contribution in [-0.4, -0.2) is 45.5 Å². The molecule has 0 spiro atoms. The van der Waals surface area contributed by atoms with Gasteiger partial charge in [0.15, 0.2) is 9.84 Å². The Kier molecular flexibility index (Phi) is 5.21. The molecule has 98 valence electrons. The van der Waals surface area contributed by atoms with E-state index in [4.69, 9.17) is 0 Å². The second kappa shape index (κ2) is 5.33. The Bertz CT molecular complexity index is 311. The van der Waals surface area contributed by atoms with Crippen LogP contribution in [0.2, 0.25) is 0 Å². The molecule has 1 N–H and O–H groups in total. The van der Waals surface area contributed by atoms with Gasteiger partial charge in [-0.25, -0.2) is 8.42 Å². The van der Waals surface area contributed by atoms with Gasteiger partial charge in [-0.15, -0.1) is 13.2 Å². The van der Waals surface area contributed by atoms with Crippen molar-refractivity contribution in [2.24, 2.45) is 0 Å². The summed E-state index contributed by atoms with van der Waals surface area (Å²) in [4.78, 5) is 0. The zero-order valence-electron chi connectivity index (χ0n) is 9.39. The minimum Gasteiger partial charge on any atom is -0.313 e. The fraction of sp³-hybridized carbons (Fsp3) is 1.00. The Morgan fingerprint density at radius 3 is 2.12 bits per heavy atom. The van der Waals surface area contributed by atoms with Crippen LogP contribution in [0.15, 0.2) is 0 Å². The molecule has 0 aromatic carbocycles. The molecule has 0 saturated carbocycles. The molecule has 0 saturated heterocycles. The molecule has 0 heterocycles. The highest BCUT2D eigenvalue weighted by Crippen LogP contribution is 2.15. The standard InChI is InChI=1S/C8H16F3NO3S/c1-7(2,16(3,13)14)6-12-4-5-15-8(9,10)11/h12H,4-6H2,1-3H3. The highest BCUT2D eigenvalue weighted by molar-refractivity contribution is 7.92. The molecule has 0 unspecified atom stereocenters. The van der Waals surface area contributed by atoms with Crippen molar-refractivity contribution < 1.29 is 26.3 Å². The van der Waals surface area contributed by atoms with Gasteiger partial charge in [0.25, 0.3) is 0 Å². The van der Waals surface area contributed by atoms with E-state index in [1.54, 1.807) is 0 Å². The number of alkyl halides is 3. The first kappa shape index (κ1) is 15.7. The molecule has 8 heteroatoms. The zero-order chi connectivity index (χ0) is 13.0. The summed E-state index contributed by atoms with van der Waals surface area (Å²) in [7, 11) is -3.24. The molecule has 0 radical (unpaired) electrons. The van der Waals surface area contributed by atoms with E-state index >= 15 is 0 Å². The summed E-state index contributed by atoms with van der Waals surface area (Å²) in [5, 5.41) is 2.60. The second-order valence-electron chi connectivity index (χ2n) is 4.00. The quantitative estimate of drug-likeness (QED) is 0.724. The summed E-state index contributed by atoms with van der Waals surface area (Å²) in [6.45, 7) is 2.48. The van der Waals surface area contributed by atoms with Gasteiger partial charge >= 0.3 is 6.36 Å². The van der Waals surface area contributed by atoms with Gasteiger partial charge in [0.1, 0.15) is 0 Å². The van der Waals surface area contributed by atoms with Gasteiger partial charge in [0.05, 0.1) is 11.4 Å². The predicted molar refractivity (Wildman–Crippen MR) is 53.8 cm³/mol. The Morgan fingerprint density at radius 1 is 1.25 bits per heavy atom. The van der Waals surface area contributed by atoms with Crippen molar-refractivity contribution in [3.05, 3.63) is 0 Å². The van der Waals surface area contributed by atoms with Crippen molar-refractivity contribution in [3.63, 3.8) is 0 Å².